The van der Waals surface area contributed by atoms with Gasteiger partial charge in [-0.15, -0.1) is 0 Å². The first-order valence-corrected chi connectivity index (χ1v) is 6.79. The zero-order valence-electron chi connectivity index (χ0n) is 11.7. The van der Waals surface area contributed by atoms with Crippen LogP contribution in [-0.4, -0.2) is 39.5 Å². The SMILES string of the molecule is CC(C)(C)N1CCC(NCc2cnccn2)CC1. The molecule has 4 heteroatoms. The minimum atomic E-state index is 0.301. The van der Waals surface area contributed by atoms with E-state index in [-0.39, 0.29) is 0 Å². The molecule has 1 aromatic heterocycles. The molecule has 1 aliphatic rings. The van der Waals surface area contributed by atoms with Crippen LogP contribution < -0.4 is 5.32 Å². The first kappa shape index (κ1) is 13.4. The zero-order chi connectivity index (χ0) is 13.0. The minimum Gasteiger partial charge on any atom is -0.308 e. The summed E-state index contributed by atoms with van der Waals surface area (Å²) in [4.78, 5) is 10.9. The van der Waals surface area contributed by atoms with E-state index in [0.717, 1.165) is 12.2 Å². The van der Waals surface area contributed by atoms with Crippen molar-refractivity contribution in [3.8, 4) is 0 Å². The topological polar surface area (TPSA) is 41.0 Å². The van der Waals surface area contributed by atoms with Gasteiger partial charge in [-0.1, -0.05) is 0 Å². The lowest BCUT2D eigenvalue weighted by atomic mass is 9.98. The van der Waals surface area contributed by atoms with Gasteiger partial charge in [0.15, 0.2) is 0 Å². The van der Waals surface area contributed by atoms with Crippen LogP contribution in [0.2, 0.25) is 0 Å². The van der Waals surface area contributed by atoms with Crippen molar-refractivity contribution in [3.05, 3.63) is 24.3 Å². The van der Waals surface area contributed by atoms with Crippen LogP contribution >= 0.6 is 0 Å². The summed E-state index contributed by atoms with van der Waals surface area (Å²) in [5, 5.41) is 3.58. The van der Waals surface area contributed by atoms with Crippen molar-refractivity contribution in [2.75, 3.05) is 13.1 Å². The quantitative estimate of drug-likeness (QED) is 0.886. The number of nitrogens with zero attached hydrogens (tertiary/aromatic N) is 3. The summed E-state index contributed by atoms with van der Waals surface area (Å²) in [6.45, 7) is 10.1. The summed E-state index contributed by atoms with van der Waals surface area (Å²) in [5.74, 6) is 0. The predicted molar refractivity (Wildman–Crippen MR) is 73.2 cm³/mol. The van der Waals surface area contributed by atoms with Gasteiger partial charge in [0.05, 0.1) is 5.69 Å². The number of rotatable bonds is 3. The molecule has 100 valence electrons. The Balaban J connectivity index is 1.74. The van der Waals surface area contributed by atoms with Crippen molar-refractivity contribution in [1.82, 2.24) is 20.2 Å². The molecule has 1 aromatic rings. The Bertz CT molecular complexity index is 350. The lowest BCUT2D eigenvalue weighted by Crippen LogP contribution is -2.49. The van der Waals surface area contributed by atoms with E-state index < -0.39 is 0 Å². The molecule has 0 amide bonds. The van der Waals surface area contributed by atoms with Gasteiger partial charge < -0.3 is 5.32 Å². The predicted octanol–water partition coefficient (Wildman–Crippen LogP) is 1.83. The molecule has 0 aliphatic carbocycles. The van der Waals surface area contributed by atoms with Gasteiger partial charge in [-0.2, -0.15) is 0 Å². The van der Waals surface area contributed by atoms with Gasteiger partial charge in [0.2, 0.25) is 0 Å². The number of hydrogen-bond donors (Lipinski definition) is 1. The highest BCUT2D eigenvalue weighted by molar-refractivity contribution is 4.95. The van der Waals surface area contributed by atoms with Crippen molar-refractivity contribution >= 4 is 0 Å². The molecule has 0 bridgehead atoms. The van der Waals surface area contributed by atoms with E-state index in [2.05, 4.69) is 41.0 Å². The highest BCUT2D eigenvalue weighted by Crippen LogP contribution is 2.20. The molecule has 2 heterocycles. The van der Waals surface area contributed by atoms with Crippen molar-refractivity contribution < 1.29 is 0 Å². The number of nitrogens with one attached hydrogen (secondary N) is 1. The maximum absolute atomic E-state index is 4.28. The highest BCUT2D eigenvalue weighted by Gasteiger charge is 2.26. The van der Waals surface area contributed by atoms with Crippen molar-refractivity contribution in [2.24, 2.45) is 0 Å². The third-order valence-electron chi connectivity index (χ3n) is 3.63. The molecule has 18 heavy (non-hydrogen) atoms. The molecule has 4 nitrogen and oxygen atoms in total. The Labute approximate surface area is 110 Å². The van der Waals surface area contributed by atoms with Gasteiger partial charge in [0, 0.05) is 49.8 Å². The van der Waals surface area contributed by atoms with E-state index in [9.17, 15) is 0 Å². The molecule has 2 rings (SSSR count). The third kappa shape index (κ3) is 3.75. The lowest BCUT2D eigenvalue weighted by Gasteiger charge is -2.41. The lowest BCUT2D eigenvalue weighted by molar-refractivity contribution is 0.0959. The van der Waals surface area contributed by atoms with Gasteiger partial charge in [-0.05, 0) is 33.6 Å². The maximum Gasteiger partial charge on any atom is 0.0724 e. The molecule has 1 saturated heterocycles. The fourth-order valence-corrected chi connectivity index (χ4v) is 2.42. The van der Waals surface area contributed by atoms with Crippen molar-refractivity contribution in [3.63, 3.8) is 0 Å². The van der Waals surface area contributed by atoms with Gasteiger partial charge >= 0.3 is 0 Å². The first-order chi connectivity index (χ1) is 8.55. The van der Waals surface area contributed by atoms with Crippen LogP contribution in [0, 0.1) is 0 Å². The Hall–Kier alpha value is -1.00. The Morgan fingerprint density at radius 3 is 2.56 bits per heavy atom. The summed E-state index contributed by atoms with van der Waals surface area (Å²) in [5.41, 5.74) is 1.33. The number of aromatic nitrogens is 2. The van der Waals surface area contributed by atoms with Crippen LogP contribution in [0.25, 0.3) is 0 Å². The van der Waals surface area contributed by atoms with Gasteiger partial charge in [0.25, 0.3) is 0 Å². The number of hydrogen-bond acceptors (Lipinski definition) is 4. The summed E-state index contributed by atoms with van der Waals surface area (Å²) in [6.07, 6.45) is 7.73. The van der Waals surface area contributed by atoms with Gasteiger partial charge in [0.1, 0.15) is 0 Å². The second-order valence-electron chi connectivity index (χ2n) is 6.01. The second-order valence-corrected chi connectivity index (χ2v) is 6.01. The fraction of sp³-hybridized carbons (Fsp3) is 0.714. The third-order valence-corrected chi connectivity index (χ3v) is 3.63. The number of piperidine rings is 1. The molecule has 0 atom stereocenters. The molecule has 0 unspecified atom stereocenters. The summed E-state index contributed by atoms with van der Waals surface area (Å²) < 4.78 is 0. The molecule has 1 aliphatic heterocycles. The summed E-state index contributed by atoms with van der Waals surface area (Å²) in [6, 6.07) is 0.616. The van der Waals surface area contributed by atoms with E-state index in [1.54, 1.807) is 12.4 Å². The highest BCUT2D eigenvalue weighted by atomic mass is 15.2. The Morgan fingerprint density at radius 1 is 1.28 bits per heavy atom. The van der Waals surface area contributed by atoms with Crippen LogP contribution in [0.1, 0.15) is 39.3 Å². The largest absolute Gasteiger partial charge is 0.308 e. The van der Waals surface area contributed by atoms with Gasteiger partial charge in [-0.3, -0.25) is 14.9 Å². The average Bonchev–Trinajstić information content (AvgIpc) is 2.37. The van der Waals surface area contributed by atoms with Crippen molar-refractivity contribution in [2.45, 2.75) is 51.7 Å². The molecular formula is C14H24N4. The monoisotopic (exact) mass is 248 g/mol. The zero-order valence-corrected chi connectivity index (χ0v) is 11.7. The molecule has 0 spiro atoms. The minimum absolute atomic E-state index is 0.301. The summed E-state index contributed by atoms with van der Waals surface area (Å²) in [7, 11) is 0. The van der Waals surface area contributed by atoms with E-state index in [4.69, 9.17) is 0 Å². The van der Waals surface area contributed by atoms with Crippen LogP contribution in [0.15, 0.2) is 18.6 Å². The van der Waals surface area contributed by atoms with Crippen LogP contribution in [-0.2, 0) is 6.54 Å². The smallest absolute Gasteiger partial charge is 0.0724 e. The Kier molecular flexibility index (Phi) is 4.30. The molecule has 0 aromatic carbocycles. The van der Waals surface area contributed by atoms with E-state index in [1.165, 1.54) is 25.9 Å². The number of likely N-dealkylation sites (tertiary alicyclic amines) is 1. The van der Waals surface area contributed by atoms with E-state index in [1.807, 2.05) is 6.20 Å². The average molecular weight is 248 g/mol. The standard InChI is InChI=1S/C14H24N4/c1-14(2,3)18-8-4-12(5-9-18)17-11-13-10-15-6-7-16-13/h6-7,10,12,17H,4-5,8-9,11H2,1-3H3. The molecule has 1 fully saturated rings. The van der Waals surface area contributed by atoms with Gasteiger partial charge in [-0.25, -0.2) is 0 Å². The molecule has 0 radical (unpaired) electrons. The first-order valence-electron chi connectivity index (χ1n) is 6.79. The van der Waals surface area contributed by atoms with E-state index >= 15 is 0 Å². The molecule has 0 saturated carbocycles. The van der Waals surface area contributed by atoms with E-state index in [0.29, 0.717) is 11.6 Å². The van der Waals surface area contributed by atoms with Crippen molar-refractivity contribution in [1.29, 1.82) is 0 Å². The maximum atomic E-state index is 4.28. The van der Waals surface area contributed by atoms with Crippen LogP contribution in [0.5, 0.6) is 0 Å². The fourth-order valence-electron chi connectivity index (χ4n) is 2.42. The Morgan fingerprint density at radius 2 is 2.00 bits per heavy atom. The second kappa shape index (κ2) is 5.76. The summed E-state index contributed by atoms with van der Waals surface area (Å²) >= 11 is 0. The normalized spacial score (nSPS) is 19.1. The molecule has 1 N–H and O–H groups in total. The van der Waals surface area contributed by atoms with Crippen LogP contribution in [0.4, 0.5) is 0 Å². The molecular weight excluding hydrogens is 224 g/mol. The van der Waals surface area contributed by atoms with Crippen LogP contribution in [0.3, 0.4) is 0 Å².